The predicted molar refractivity (Wildman–Crippen MR) is 103 cm³/mol. The smallest absolute Gasteiger partial charge is 1.00 e. The minimum absolute atomic E-state index is 0. The van der Waals surface area contributed by atoms with Crippen molar-refractivity contribution in [2.75, 3.05) is 0 Å². The van der Waals surface area contributed by atoms with Crippen LogP contribution < -0.4 is 33.9 Å². The van der Waals surface area contributed by atoms with E-state index in [1.54, 1.807) is 0 Å². The van der Waals surface area contributed by atoms with Crippen LogP contribution in [0.15, 0.2) is 91.5 Å². The second-order valence-electron chi connectivity index (χ2n) is 6.00. The molecule has 28 heavy (non-hydrogen) atoms. The van der Waals surface area contributed by atoms with Crippen LogP contribution in [0.25, 0.3) is 27.6 Å². The monoisotopic (exact) mass is 426 g/mol. The molecule has 0 saturated heterocycles. The molecular weight excluding hydrogens is 410 g/mol. The van der Waals surface area contributed by atoms with E-state index < -0.39 is 0 Å². The summed E-state index contributed by atoms with van der Waals surface area (Å²) in [6.45, 7) is 0.515. The van der Waals surface area contributed by atoms with E-state index in [9.17, 15) is 4.57 Å². The Bertz CT molecular complexity index is 1170. The number of aromatic nitrogens is 2. The van der Waals surface area contributed by atoms with Crippen molar-refractivity contribution >= 4 is 18.7 Å². The summed E-state index contributed by atoms with van der Waals surface area (Å²) < 4.78 is 14.6. The van der Waals surface area contributed by atoms with Gasteiger partial charge in [0, 0.05) is 0 Å². The maximum atomic E-state index is 10.5. The molecule has 3 nitrogen and oxygen atoms in total. The molecule has 0 atom stereocenters. The standard InChI is InChI=1S/C22H17N2OP.2ClH/c25-26-17-16-23-12-8-18(9-13-23)19-10-14-24(15-11-19)22-7-3-5-20-4-1-2-6-21(20)22;;/h1-15H,16H2;2*1H/q+2;;/p-2. The van der Waals surface area contributed by atoms with Gasteiger partial charge in [0.05, 0.1) is 0 Å². The maximum Gasteiger partial charge on any atom is -1.00 e. The molecule has 0 bridgehead atoms. The fraction of sp³-hybridized carbons (Fsp3) is 0.0455. The summed E-state index contributed by atoms with van der Waals surface area (Å²) in [6.07, 6.45) is 8.13. The van der Waals surface area contributed by atoms with Crippen LogP contribution >= 0.6 is 7.92 Å². The minimum Gasteiger partial charge on any atom is -1.00 e. The first-order chi connectivity index (χ1) is 12.8. The van der Waals surface area contributed by atoms with Crippen molar-refractivity contribution < 1.29 is 38.5 Å². The molecule has 6 heteroatoms. The molecule has 0 amide bonds. The number of rotatable bonds is 3. The molecule has 0 aliphatic heterocycles. The van der Waals surface area contributed by atoms with E-state index in [1.165, 1.54) is 16.5 Å². The normalized spacial score (nSPS) is 9.71. The van der Waals surface area contributed by atoms with Gasteiger partial charge in [0.2, 0.25) is 0 Å². The fourth-order valence-electron chi connectivity index (χ4n) is 3.08. The van der Waals surface area contributed by atoms with Gasteiger partial charge in [0.1, 0.15) is 0 Å². The van der Waals surface area contributed by atoms with Crippen molar-refractivity contribution in [3.8, 4) is 22.4 Å². The Kier molecular flexibility index (Phi) is 7.99. The molecule has 4 rings (SSSR count). The van der Waals surface area contributed by atoms with Crippen molar-refractivity contribution in [2.24, 2.45) is 0 Å². The van der Waals surface area contributed by atoms with E-state index >= 15 is 0 Å². The van der Waals surface area contributed by atoms with E-state index in [0.29, 0.717) is 6.54 Å². The van der Waals surface area contributed by atoms with Crippen LogP contribution in [-0.4, -0.2) is 0 Å². The van der Waals surface area contributed by atoms with E-state index in [-0.39, 0.29) is 32.7 Å². The van der Waals surface area contributed by atoms with Crippen LogP contribution in [0, 0.1) is 5.63 Å². The molecule has 0 saturated carbocycles. The number of nitrogens with zero attached hydrogens (tertiary/aromatic N) is 2. The Morgan fingerprint density at radius 2 is 1.36 bits per heavy atom. The largest absolute Gasteiger partial charge is 1.00 e. The van der Waals surface area contributed by atoms with Gasteiger partial charge in [-0.3, -0.25) is 0 Å². The molecule has 4 aromatic rings. The average Bonchev–Trinajstić information content (AvgIpc) is 2.72. The zero-order chi connectivity index (χ0) is 17.8. The zero-order valence-electron chi connectivity index (χ0n) is 14.9. The predicted octanol–water partition coefficient (Wildman–Crippen LogP) is -1.67. The molecule has 0 aliphatic rings. The summed E-state index contributed by atoms with van der Waals surface area (Å²) in [7, 11) is -0.0596. The molecule has 0 radical (unpaired) electrons. The molecule has 2 heterocycles. The molecule has 2 aromatic heterocycles. The quantitative estimate of drug-likeness (QED) is 0.284. The van der Waals surface area contributed by atoms with Crippen LogP contribution in [0.3, 0.4) is 0 Å². The first-order valence-corrected chi connectivity index (χ1v) is 9.20. The number of halogens is 2. The number of hydrogen-bond donors (Lipinski definition) is 0. The minimum atomic E-state index is -0.0596. The third-order valence-corrected chi connectivity index (χ3v) is 4.69. The van der Waals surface area contributed by atoms with E-state index in [2.05, 4.69) is 89.3 Å². The van der Waals surface area contributed by atoms with Crippen molar-refractivity contribution in [1.29, 1.82) is 0 Å². The summed E-state index contributed by atoms with van der Waals surface area (Å²) in [5.74, 6) is 0. The molecule has 0 aliphatic carbocycles. The number of benzene rings is 2. The van der Waals surface area contributed by atoms with Gasteiger partial charge >= 0.3 is 111 Å². The van der Waals surface area contributed by atoms with Gasteiger partial charge in [-0.25, -0.2) is 0 Å². The van der Waals surface area contributed by atoms with Crippen molar-refractivity contribution in [1.82, 2.24) is 0 Å². The number of hydrogen-bond acceptors (Lipinski definition) is 1. The summed E-state index contributed by atoms with van der Waals surface area (Å²) >= 11 is 0. The fourth-order valence-corrected chi connectivity index (χ4v) is 3.30. The molecule has 140 valence electrons. The zero-order valence-corrected chi connectivity index (χ0v) is 17.3. The van der Waals surface area contributed by atoms with Crippen LogP contribution in [0.2, 0.25) is 0 Å². The van der Waals surface area contributed by atoms with E-state index in [4.69, 9.17) is 0 Å². The second-order valence-corrected chi connectivity index (χ2v) is 6.50. The summed E-state index contributed by atoms with van der Waals surface area (Å²) in [5.41, 5.74) is 6.21. The van der Waals surface area contributed by atoms with Gasteiger partial charge in [-0.1, -0.05) is 30.3 Å². The Hall–Kier alpha value is -2.41. The molecule has 0 unspecified atom stereocenters. The van der Waals surface area contributed by atoms with Crippen molar-refractivity contribution in [2.45, 2.75) is 6.54 Å². The van der Waals surface area contributed by atoms with Crippen LogP contribution in [0.4, 0.5) is 0 Å². The van der Waals surface area contributed by atoms with Crippen LogP contribution in [0.5, 0.6) is 0 Å². The van der Waals surface area contributed by atoms with Crippen LogP contribution in [-0.2, 0) is 11.1 Å². The number of fused-ring (bicyclic) bond motifs is 1. The summed E-state index contributed by atoms with van der Waals surface area (Å²) in [4.78, 5) is 0. The van der Waals surface area contributed by atoms with Gasteiger partial charge in [0.15, 0.2) is 0 Å². The second kappa shape index (κ2) is 10.2. The first kappa shape index (κ1) is 21.9. The molecule has 0 N–H and O–H groups in total. The van der Waals surface area contributed by atoms with Crippen molar-refractivity contribution in [3.05, 3.63) is 91.5 Å². The van der Waals surface area contributed by atoms with Gasteiger partial charge in [-0.05, 0) is 11.5 Å². The average molecular weight is 427 g/mol. The first-order valence-electron chi connectivity index (χ1n) is 8.39. The maximum absolute atomic E-state index is 10.5. The topological polar surface area (TPSA) is 24.8 Å². The van der Waals surface area contributed by atoms with Crippen LogP contribution in [0.1, 0.15) is 0 Å². The Morgan fingerprint density at radius 1 is 0.750 bits per heavy atom. The van der Waals surface area contributed by atoms with Gasteiger partial charge in [-0.2, -0.15) is 0 Å². The van der Waals surface area contributed by atoms with Gasteiger partial charge in [-0.15, -0.1) is 0 Å². The summed E-state index contributed by atoms with van der Waals surface area (Å²) in [6, 6.07) is 23.1. The van der Waals surface area contributed by atoms with E-state index in [1.807, 2.05) is 17.0 Å². The molecular formula is C22H17Cl2N2OP. The SMILES string of the molecule is O=P#CC[n+]1ccc(-c2cc[n+](-c3cccc4ccccc34)cc2)cc1.[Cl-].[Cl-]. The molecule has 2 aromatic carbocycles. The molecule has 0 fully saturated rings. The molecule has 0 spiro atoms. The Labute approximate surface area is 177 Å². The Balaban J connectivity index is 0.00000140. The number of pyridine rings is 2. The van der Waals surface area contributed by atoms with Crippen molar-refractivity contribution in [3.63, 3.8) is 0 Å². The van der Waals surface area contributed by atoms with Gasteiger partial charge in [0.25, 0.3) is 0 Å². The third kappa shape index (κ3) is 4.70. The third-order valence-electron chi connectivity index (χ3n) is 4.42. The van der Waals surface area contributed by atoms with E-state index in [0.717, 1.165) is 11.1 Å². The Morgan fingerprint density at radius 3 is 2.04 bits per heavy atom. The van der Waals surface area contributed by atoms with Gasteiger partial charge < -0.3 is 24.8 Å². The summed E-state index contributed by atoms with van der Waals surface area (Å²) in [5, 5.41) is 2.47.